The van der Waals surface area contributed by atoms with Crippen LogP contribution in [0.15, 0.2) is 23.3 Å². The Labute approximate surface area is 156 Å². The molecular formula is C23H32O3. The Morgan fingerprint density at radius 2 is 1.88 bits per heavy atom. The van der Waals surface area contributed by atoms with E-state index < -0.39 is 5.60 Å². The SMILES string of the molecule is CC(=O)[C@@]1(O)[C@@H](C)C[C@H]2[C@@H]3C[C@H](C)C4=CC(=O)CC[C@]4(C)C3=CC[C@@]21C. The number of ketones is 2. The molecule has 0 unspecified atom stereocenters. The van der Waals surface area contributed by atoms with Crippen LogP contribution >= 0.6 is 0 Å². The third kappa shape index (κ3) is 1.99. The number of rotatable bonds is 1. The third-order valence-corrected chi connectivity index (χ3v) is 8.78. The Hall–Kier alpha value is -1.22. The highest BCUT2D eigenvalue weighted by atomic mass is 16.3. The summed E-state index contributed by atoms with van der Waals surface area (Å²) in [5.74, 6) is 1.32. The Morgan fingerprint density at radius 1 is 1.19 bits per heavy atom. The Balaban J connectivity index is 1.83. The maximum Gasteiger partial charge on any atom is 0.162 e. The van der Waals surface area contributed by atoms with E-state index in [1.807, 2.05) is 13.0 Å². The number of carbonyl (C=O) groups is 2. The second-order valence-electron chi connectivity index (χ2n) is 9.99. The minimum absolute atomic E-state index is 0.00395. The van der Waals surface area contributed by atoms with Crippen LogP contribution in [0.4, 0.5) is 0 Å². The lowest BCUT2D eigenvalue weighted by atomic mass is 9.48. The molecule has 26 heavy (non-hydrogen) atoms. The molecule has 0 aromatic rings. The molecule has 3 heteroatoms. The van der Waals surface area contributed by atoms with Crippen molar-refractivity contribution in [3.05, 3.63) is 23.3 Å². The van der Waals surface area contributed by atoms with Crippen LogP contribution in [0.2, 0.25) is 0 Å². The second kappa shape index (κ2) is 5.41. The number of aliphatic hydroxyl groups is 1. The summed E-state index contributed by atoms with van der Waals surface area (Å²) in [4.78, 5) is 24.5. The van der Waals surface area contributed by atoms with E-state index in [9.17, 15) is 14.7 Å². The molecular weight excluding hydrogens is 324 g/mol. The van der Waals surface area contributed by atoms with Gasteiger partial charge in [-0.05, 0) is 62.4 Å². The molecule has 7 atom stereocenters. The second-order valence-corrected chi connectivity index (χ2v) is 9.99. The number of Topliss-reactive ketones (excluding diaryl/α,β-unsaturated/α-hetero) is 1. The van der Waals surface area contributed by atoms with Crippen LogP contribution in [0.3, 0.4) is 0 Å². The van der Waals surface area contributed by atoms with Crippen LogP contribution < -0.4 is 0 Å². The van der Waals surface area contributed by atoms with Gasteiger partial charge in [-0.25, -0.2) is 0 Å². The van der Waals surface area contributed by atoms with Crippen LogP contribution in [0.1, 0.15) is 66.7 Å². The fourth-order valence-corrected chi connectivity index (χ4v) is 7.36. The summed E-state index contributed by atoms with van der Waals surface area (Å²) in [6.45, 7) is 10.3. The minimum atomic E-state index is -1.22. The fourth-order valence-electron chi connectivity index (χ4n) is 7.36. The molecule has 2 saturated carbocycles. The van der Waals surface area contributed by atoms with Crippen molar-refractivity contribution < 1.29 is 14.7 Å². The van der Waals surface area contributed by atoms with Gasteiger partial charge in [-0.3, -0.25) is 9.59 Å². The third-order valence-electron chi connectivity index (χ3n) is 8.78. The molecule has 0 aromatic heterocycles. The van der Waals surface area contributed by atoms with Crippen LogP contribution in [0, 0.1) is 34.5 Å². The van der Waals surface area contributed by atoms with Gasteiger partial charge in [0.25, 0.3) is 0 Å². The predicted octanol–water partition coefficient (Wildman–Crippen LogP) is 4.25. The van der Waals surface area contributed by atoms with Gasteiger partial charge < -0.3 is 5.11 Å². The molecule has 0 aliphatic heterocycles. The number of allylic oxidation sites excluding steroid dienone is 4. The van der Waals surface area contributed by atoms with E-state index in [0.29, 0.717) is 24.2 Å². The van der Waals surface area contributed by atoms with Crippen molar-refractivity contribution in [2.45, 2.75) is 72.3 Å². The van der Waals surface area contributed by atoms with Crippen LogP contribution in [0.25, 0.3) is 0 Å². The first-order chi connectivity index (χ1) is 12.1. The van der Waals surface area contributed by atoms with Gasteiger partial charge >= 0.3 is 0 Å². The van der Waals surface area contributed by atoms with Crippen molar-refractivity contribution >= 4 is 11.6 Å². The van der Waals surface area contributed by atoms with E-state index in [-0.39, 0.29) is 28.3 Å². The van der Waals surface area contributed by atoms with Gasteiger partial charge in [-0.2, -0.15) is 0 Å². The summed E-state index contributed by atoms with van der Waals surface area (Å²) in [6, 6.07) is 0. The van der Waals surface area contributed by atoms with E-state index >= 15 is 0 Å². The molecule has 0 saturated heterocycles. The van der Waals surface area contributed by atoms with Crippen molar-refractivity contribution in [3.63, 3.8) is 0 Å². The minimum Gasteiger partial charge on any atom is -0.381 e. The molecule has 1 N–H and O–H groups in total. The zero-order chi connectivity index (χ0) is 19.1. The van der Waals surface area contributed by atoms with E-state index in [2.05, 4.69) is 26.8 Å². The number of fused-ring (bicyclic) bond motifs is 5. The maximum atomic E-state index is 12.5. The molecule has 0 aromatic carbocycles. The zero-order valence-electron chi connectivity index (χ0n) is 16.8. The molecule has 2 fully saturated rings. The highest BCUT2D eigenvalue weighted by Crippen LogP contribution is 2.67. The largest absolute Gasteiger partial charge is 0.381 e. The number of hydrogen-bond donors (Lipinski definition) is 1. The molecule has 4 aliphatic carbocycles. The lowest BCUT2D eigenvalue weighted by Gasteiger charge is -2.56. The van der Waals surface area contributed by atoms with Gasteiger partial charge in [0.05, 0.1) is 0 Å². The van der Waals surface area contributed by atoms with Crippen molar-refractivity contribution in [3.8, 4) is 0 Å². The molecule has 0 radical (unpaired) electrons. The Morgan fingerprint density at radius 3 is 2.54 bits per heavy atom. The van der Waals surface area contributed by atoms with E-state index in [4.69, 9.17) is 0 Å². The summed E-state index contributed by atoms with van der Waals surface area (Å²) in [5, 5.41) is 11.4. The Bertz CT molecular complexity index is 747. The number of carbonyl (C=O) groups excluding carboxylic acids is 2. The molecule has 0 spiro atoms. The standard InChI is InChI=1S/C23H32O3/c1-13-10-17-18(21(4)8-6-16(25)12-19(13)21)7-9-22(5)20(17)11-14(2)23(22,26)15(3)24/h7,12-14,17,20,26H,6,8-11H2,1-5H3/t13-,14-,17+,20-,21+,22-,23-/m0/s1. The smallest absolute Gasteiger partial charge is 0.162 e. The molecule has 0 heterocycles. The molecule has 0 bridgehead atoms. The molecule has 3 nitrogen and oxygen atoms in total. The van der Waals surface area contributed by atoms with Gasteiger partial charge in [-0.15, -0.1) is 0 Å². The van der Waals surface area contributed by atoms with Crippen molar-refractivity contribution in [1.82, 2.24) is 0 Å². The van der Waals surface area contributed by atoms with E-state index in [1.54, 1.807) is 6.92 Å². The highest BCUT2D eigenvalue weighted by molar-refractivity contribution is 5.92. The first-order valence-corrected chi connectivity index (χ1v) is 10.2. The average Bonchev–Trinajstić information content (AvgIpc) is 2.78. The number of hydrogen-bond acceptors (Lipinski definition) is 3. The molecule has 0 amide bonds. The maximum absolute atomic E-state index is 12.5. The molecule has 4 aliphatic rings. The average molecular weight is 357 g/mol. The molecule has 4 rings (SSSR count). The monoisotopic (exact) mass is 356 g/mol. The van der Waals surface area contributed by atoms with Gasteiger partial charge in [0, 0.05) is 17.3 Å². The first kappa shape index (κ1) is 18.2. The topological polar surface area (TPSA) is 54.4 Å². The normalized spacial score (nSPS) is 50.3. The predicted molar refractivity (Wildman–Crippen MR) is 101 cm³/mol. The lowest BCUT2D eigenvalue weighted by Crippen LogP contribution is -2.56. The van der Waals surface area contributed by atoms with Crippen molar-refractivity contribution in [2.24, 2.45) is 34.5 Å². The summed E-state index contributed by atoms with van der Waals surface area (Å²) >= 11 is 0. The summed E-state index contributed by atoms with van der Waals surface area (Å²) in [7, 11) is 0. The van der Waals surface area contributed by atoms with Crippen molar-refractivity contribution in [2.75, 3.05) is 0 Å². The zero-order valence-corrected chi connectivity index (χ0v) is 16.8. The summed E-state index contributed by atoms with van der Waals surface area (Å²) in [5.41, 5.74) is 1.18. The molecule has 142 valence electrons. The summed E-state index contributed by atoms with van der Waals surface area (Å²) in [6.07, 6.45) is 8.49. The van der Waals surface area contributed by atoms with Gasteiger partial charge in [0.2, 0.25) is 0 Å². The lowest BCUT2D eigenvalue weighted by molar-refractivity contribution is -0.156. The Kier molecular flexibility index (Phi) is 3.77. The highest BCUT2D eigenvalue weighted by Gasteiger charge is 2.66. The van der Waals surface area contributed by atoms with Crippen LogP contribution in [-0.2, 0) is 9.59 Å². The quantitative estimate of drug-likeness (QED) is 0.715. The van der Waals surface area contributed by atoms with Crippen LogP contribution in [-0.4, -0.2) is 22.3 Å². The van der Waals surface area contributed by atoms with Crippen LogP contribution in [0.5, 0.6) is 0 Å². The van der Waals surface area contributed by atoms with Gasteiger partial charge in [0.1, 0.15) is 5.60 Å². The van der Waals surface area contributed by atoms with Gasteiger partial charge in [0.15, 0.2) is 11.6 Å². The first-order valence-electron chi connectivity index (χ1n) is 10.2. The summed E-state index contributed by atoms with van der Waals surface area (Å²) < 4.78 is 0. The van der Waals surface area contributed by atoms with E-state index in [1.165, 1.54) is 11.1 Å². The van der Waals surface area contributed by atoms with E-state index in [0.717, 1.165) is 25.7 Å². The fraction of sp³-hybridized carbons (Fsp3) is 0.739. The van der Waals surface area contributed by atoms with Gasteiger partial charge in [-0.1, -0.05) is 44.9 Å². The van der Waals surface area contributed by atoms with Crippen molar-refractivity contribution in [1.29, 1.82) is 0 Å².